The van der Waals surface area contributed by atoms with Crippen LogP contribution >= 0.6 is 0 Å². The van der Waals surface area contributed by atoms with E-state index >= 15 is 0 Å². The van der Waals surface area contributed by atoms with Gasteiger partial charge < -0.3 is 10.1 Å². The van der Waals surface area contributed by atoms with E-state index in [-0.39, 0.29) is 0 Å². The van der Waals surface area contributed by atoms with Gasteiger partial charge in [0.25, 0.3) is 5.91 Å². The van der Waals surface area contributed by atoms with Gasteiger partial charge in [-0.3, -0.25) is 4.79 Å². The summed E-state index contributed by atoms with van der Waals surface area (Å²) < 4.78 is 28.1. The first-order chi connectivity index (χ1) is 6.18. The predicted octanol–water partition coefficient (Wildman–Crippen LogP) is 1.18. The number of methoxy groups -OCH3 is 1. The van der Waals surface area contributed by atoms with Gasteiger partial charge in [0.15, 0.2) is 0 Å². The number of hydrogen-bond donors (Lipinski definition) is 1. The molecule has 0 heterocycles. The first-order valence-electron chi connectivity index (χ1n) is 4.23. The Kier molecular flexibility index (Phi) is 7.48. The predicted molar refractivity (Wildman–Crippen MR) is 44.7 cm³/mol. The Hall–Kier alpha value is -0.710. The lowest BCUT2D eigenvalue weighted by atomic mass is 10.2. The van der Waals surface area contributed by atoms with Gasteiger partial charge in [-0.15, -0.1) is 0 Å². The van der Waals surface area contributed by atoms with Gasteiger partial charge in [0.05, 0.1) is 0 Å². The highest BCUT2D eigenvalue weighted by molar-refractivity contribution is 5.78. The molecule has 0 saturated heterocycles. The van der Waals surface area contributed by atoms with E-state index in [9.17, 15) is 13.6 Å². The van der Waals surface area contributed by atoms with Gasteiger partial charge in [0, 0.05) is 20.3 Å². The lowest BCUT2D eigenvalue weighted by molar-refractivity contribution is -0.131. The number of nitrogens with one attached hydrogen (secondary N) is 1. The average molecular weight is 195 g/mol. The number of rotatable bonds is 7. The Morgan fingerprint density at radius 3 is 2.62 bits per heavy atom. The Balaban J connectivity index is 3.12. The first kappa shape index (κ1) is 12.3. The van der Waals surface area contributed by atoms with Crippen molar-refractivity contribution in [2.75, 3.05) is 20.3 Å². The van der Waals surface area contributed by atoms with Crippen molar-refractivity contribution in [3.63, 3.8) is 0 Å². The molecule has 78 valence electrons. The SMILES string of the molecule is COCCCCCNC(=O)C(F)F. The minimum absolute atomic E-state index is 0.312. The van der Waals surface area contributed by atoms with Crippen LogP contribution in [0.2, 0.25) is 0 Å². The fourth-order valence-electron chi connectivity index (χ4n) is 0.837. The molecule has 0 aliphatic carbocycles. The zero-order valence-corrected chi connectivity index (χ0v) is 7.69. The lowest BCUT2D eigenvalue weighted by Crippen LogP contribution is -2.30. The fourth-order valence-corrected chi connectivity index (χ4v) is 0.837. The van der Waals surface area contributed by atoms with E-state index in [1.165, 1.54) is 0 Å². The van der Waals surface area contributed by atoms with Crippen molar-refractivity contribution < 1.29 is 18.3 Å². The molecule has 13 heavy (non-hydrogen) atoms. The topological polar surface area (TPSA) is 38.3 Å². The minimum atomic E-state index is -2.90. The molecule has 0 atom stereocenters. The van der Waals surface area contributed by atoms with Crippen molar-refractivity contribution in [3.05, 3.63) is 0 Å². The standard InChI is InChI=1S/C8H15F2NO2/c1-13-6-4-2-3-5-11-8(12)7(9)10/h7H,2-6H2,1H3,(H,11,12). The van der Waals surface area contributed by atoms with Gasteiger partial charge in [0.1, 0.15) is 0 Å². The summed E-state index contributed by atoms with van der Waals surface area (Å²) in [6, 6.07) is 0. The van der Waals surface area contributed by atoms with E-state index in [2.05, 4.69) is 5.32 Å². The maximum Gasteiger partial charge on any atom is 0.315 e. The zero-order chi connectivity index (χ0) is 10.1. The summed E-state index contributed by atoms with van der Waals surface area (Å²) in [6.07, 6.45) is -0.431. The van der Waals surface area contributed by atoms with Crippen LogP contribution in [0, 0.1) is 0 Å². The third-order valence-electron chi connectivity index (χ3n) is 1.52. The molecule has 0 spiro atoms. The highest BCUT2D eigenvalue weighted by atomic mass is 19.3. The van der Waals surface area contributed by atoms with E-state index < -0.39 is 12.3 Å². The monoisotopic (exact) mass is 195 g/mol. The molecule has 0 aromatic heterocycles. The normalized spacial score (nSPS) is 10.5. The molecule has 0 radical (unpaired) electrons. The number of alkyl halides is 2. The maximum atomic E-state index is 11.6. The van der Waals surface area contributed by atoms with Crippen molar-refractivity contribution in [1.82, 2.24) is 5.32 Å². The van der Waals surface area contributed by atoms with Gasteiger partial charge in [0.2, 0.25) is 0 Å². The average Bonchev–Trinajstić information content (AvgIpc) is 2.10. The Bertz CT molecular complexity index is 142. The number of unbranched alkanes of at least 4 members (excludes halogenated alkanes) is 2. The van der Waals surface area contributed by atoms with Gasteiger partial charge in [-0.25, -0.2) is 0 Å². The molecule has 0 fully saturated rings. The molecular weight excluding hydrogens is 180 g/mol. The van der Waals surface area contributed by atoms with Crippen LogP contribution in [-0.2, 0) is 9.53 Å². The van der Waals surface area contributed by atoms with Crippen molar-refractivity contribution in [2.24, 2.45) is 0 Å². The molecule has 0 saturated carbocycles. The molecule has 0 bridgehead atoms. The highest BCUT2D eigenvalue weighted by Crippen LogP contribution is 1.95. The van der Waals surface area contributed by atoms with Crippen molar-refractivity contribution >= 4 is 5.91 Å². The van der Waals surface area contributed by atoms with Gasteiger partial charge in [-0.1, -0.05) is 0 Å². The van der Waals surface area contributed by atoms with Gasteiger partial charge in [-0.2, -0.15) is 8.78 Å². The molecule has 1 N–H and O–H groups in total. The van der Waals surface area contributed by atoms with Crippen LogP contribution in [0.5, 0.6) is 0 Å². The van der Waals surface area contributed by atoms with Crippen molar-refractivity contribution in [2.45, 2.75) is 25.7 Å². The summed E-state index contributed by atoms with van der Waals surface area (Å²) in [5.74, 6) is -1.19. The maximum absolute atomic E-state index is 11.6. The molecule has 0 aromatic rings. The summed E-state index contributed by atoms with van der Waals surface area (Å²) in [6.45, 7) is 0.982. The van der Waals surface area contributed by atoms with E-state index in [4.69, 9.17) is 4.74 Å². The van der Waals surface area contributed by atoms with Crippen LogP contribution in [-0.4, -0.2) is 32.6 Å². The molecule has 5 heteroatoms. The molecule has 1 amide bonds. The van der Waals surface area contributed by atoms with Crippen molar-refractivity contribution in [1.29, 1.82) is 0 Å². The summed E-state index contributed by atoms with van der Waals surface area (Å²) in [7, 11) is 1.61. The number of hydrogen-bond acceptors (Lipinski definition) is 2. The second-order valence-electron chi connectivity index (χ2n) is 2.65. The molecular formula is C8H15F2NO2. The summed E-state index contributed by atoms with van der Waals surface area (Å²) in [5.41, 5.74) is 0. The molecule has 0 aliphatic rings. The van der Waals surface area contributed by atoms with Gasteiger partial charge >= 0.3 is 6.43 Å². The van der Waals surface area contributed by atoms with Crippen LogP contribution in [0.3, 0.4) is 0 Å². The van der Waals surface area contributed by atoms with Crippen LogP contribution in [0.1, 0.15) is 19.3 Å². The Labute approximate surface area is 76.4 Å². The zero-order valence-electron chi connectivity index (χ0n) is 7.69. The van der Waals surface area contributed by atoms with Gasteiger partial charge in [-0.05, 0) is 19.3 Å². The molecule has 0 unspecified atom stereocenters. The number of carbonyl (C=O) groups is 1. The number of halogens is 2. The second-order valence-corrected chi connectivity index (χ2v) is 2.65. The van der Waals surface area contributed by atoms with Crippen LogP contribution in [0.25, 0.3) is 0 Å². The first-order valence-corrected chi connectivity index (χ1v) is 4.23. The quantitative estimate of drug-likeness (QED) is 0.619. The summed E-state index contributed by atoms with van der Waals surface area (Å²) in [4.78, 5) is 10.3. The Morgan fingerprint density at radius 2 is 2.08 bits per heavy atom. The minimum Gasteiger partial charge on any atom is -0.385 e. The largest absolute Gasteiger partial charge is 0.385 e. The third kappa shape index (κ3) is 7.64. The summed E-state index contributed by atoms with van der Waals surface area (Å²) in [5, 5.41) is 2.13. The third-order valence-corrected chi connectivity index (χ3v) is 1.52. The lowest BCUT2D eigenvalue weighted by Gasteiger charge is -2.03. The van der Waals surface area contributed by atoms with E-state index in [0.717, 1.165) is 12.8 Å². The Morgan fingerprint density at radius 1 is 1.38 bits per heavy atom. The second kappa shape index (κ2) is 7.91. The number of amides is 1. The molecule has 0 rings (SSSR count). The molecule has 0 aromatic carbocycles. The van der Waals surface area contributed by atoms with E-state index in [0.29, 0.717) is 19.6 Å². The molecule has 0 aliphatic heterocycles. The smallest absolute Gasteiger partial charge is 0.315 e. The van der Waals surface area contributed by atoms with E-state index in [1.807, 2.05) is 0 Å². The highest BCUT2D eigenvalue weighted by Gasteiger charge is 2.12. The number of carbonyl (C=O) groups excluding carboxylic acids is 1. The number of ether oxygens (including phenoxy) is 1. The van der Waals surface area contributed by atoms with Crippen molar-refractivity contribution in [3.8, 4) is 0 Å². The summed E-state index contributed by atoms with van der Waals surface area (Å²) >= 11 is 0. The van der Waals surface area contributed by atoms with E-state index in [1.54, 1.807) is 7.11 Å². The van der Waals surface area contributed by atoms with Crippen LogP contribution < -0.4 is 5.32 Å². The van der Waals surface area contributed by atoms with Crippen LogP contribution in [0.4, 0.5) is 8.78 Å². The van der Waals surface area contributed by atoms with Crippen LogP contribution in [0.15, 0.2) is 0 Å². The molecule has 3 nitrogen and oxygen atoms in total. The fraction of sp³-hybridized carbons (Fsp3) is 0.875.